The van der Waals surface area contributed by atoms with E-state index in [4.69, 9.17) is 5.73 Å². The Morgan fingerprint density at radius 1 is 1.25 bits per heavy atom. The van der Waals surface area contributed by atoms with Gasteiger partial charge < -0.3 is 16.2 Å². The first-order valence-corrected chi connectivity index (χ1v) is 5.82. The summed E-state index contributed by atoms with van der Waals surface area (Å²) in [5.41, 5.74) is 6.96. The van der Waals surface area contributed by atoms with Crippen LogP contribution in [0.4, 0.5) is 0 Å². The second-order valence-electron chi connectivity index (χ2n) is 4.35. The zero-order valence-corrected chi connectivity index (χ0v) is 10.1. The molecule has 3 unspecified atom stereocenters. The van der Waals surface area contributed by atoms with Gasteiger partial charge in [-0.25, -0.2) is 0 Å². The molecule has 0 spiro atoms. The van der Waals surface area contributed by atoms with Crippen LogP contribution in [0.5, 0.6) is 0 Å². The normalized spacial score (nSPS) is 16.8. The maximum Gasteiger partial charge on any atom is 0.0526 e. The fourth-order valence-corrected chi connectivity index (χ4v) is 1.91. The zero-order valence-electron chi connectivity index (χ0n) is 10.1. The second-order valence-corrected chi connectivity index (χ2v) is 4.35. The highest BCUT2D eigenvalue weighted by Gasteiger charge is 2.13. The third kappa shape index (κ3) is 4.31. The molecule has 0 radical (unpaired) electrons. The van der Waals surface area contributed by atoms with Crippen molar-refractivity contribution in [3.8, 4) is 0 Å². The summed E-state index contributed by atoms with van der Waals surface area (Å²) in [5, 5.41) is 12.7. The first-order valence-electron chi connectivity index (χ1n) is 5.82. The van der Waals surface area contributed by atoms with E-state index in [1.54, 1.807) is 6.92 Å². The van der Waals surface area contributed by atoms with Crippen molar-refractivity contribution in [2.75, 3.05) is 6.54 Å². The van der Waals surface area contributed by atoms with Gasteiger partial charge in [0.25, 0.3) is 0 Å². The number of rotatable bonds is 6. The van der Waals surface area contributed by atoms with Crippen LogP contribution in [0.1, 0.15) is 31.9 Å². The molecule has 4 N–H and O–H groups in total. The summed E-state index contributed by atoms with van der Waals surface area (Å²) in [7, 11) is 0. The molecule has 0 aliphatic carbocycles. The Morgan fingerprint density at radius 2 is 1.88 bits per heavy atom. The van der Waals surface area contributed by atoms with Crippen molar-refractivity contribution in [1.29, 1.82) is 0 Å². The van der Waals surface area contributed by atoms with E-state index < -0.39 is 0 Å². The lowest BCUT2D eigenvalue weighted by atomic mass is 10.0. The molecule has 3 atom stereocenters. The van der Waals surface area contributed by atoms with E-state index in [0.717, 1.165) is 6.42 Å². The second kappa shape index (κ2) is 6.63. The first kappa shape index (κ1) is 13.2. The van der Waals surface area contributed by atoms with Crippen molar-refractivity contribution in [2.45, 2.75) is 38.5 Å². The minimum atomic E-state index is -0.281. The van der Waals surface area contributed by atoms with Gasteiger partial charge in [-0.1, -0.05) is 30.3 Å². The van der Waals surface area contributed by atoms with E-state index in [1.807, 2.05) is 18.2 Å². The van der Waals surface area contributed by atoms with E-state index in [1.165, 1.54) is 5.56 Å². The highest BCUT2D eigenvalue weighted by atomic mass is 16.3. The molecule has 0 saturated heterocycles. The van der Waals surface area contributed by atoms with Gasteiger partial charge >= 0.3 is 0 Å². The van der Waals surface area contributed by atoms with Crippen LogP contribution in [0.25, 0.3) is 0 Å². The maximum atomic E-state index is 9.31. The van der Waals surface area contributed by atoms with Gasteiger partial charge in [-0.15, -0.1) is 0 Å². The van der Waals surface area contributed by atoms with Crippen LogP contribution in [0.2, 0.25) is 0 Å². The number of aliphatic hydroxyl groups excluding tert-OH is 1. The molecular weight excluding hydrogens is 200 g/mol. The predicted octanol–water partition coefficient (Wildman–Crippen LogP) is 1.44. The van der Waals surface area contributed by atoms with Gasteiger partial charge in [-0.2, -0.15) is 0 Å². The van der Waals surface area contributed by atoms with Crippen LogP contribution in [0.15, 0.2) is 30.3 Å². The molecule has 0 heterocycles. The van der Waals surface area contributed by atoms with Crippen molar-refractivity contribution in [1.82, 2.24) is 5.32 Å². The lowest BCUT2D eigenvalue weighted by Crippen LogP contribution is -2.36. The summed E-state index contributed by atoms with van der Waals surface area (Å²) in [6.45, 7) is 4.44. The van der Waals surface area contributed by atoms with Crippen molar-refractivity contribution in [3.63, 3.8) is 0 Å². The zero-order chi connectivity index (χ0) is 12.0. The minimum Gasteiger partial charge on any atom is -0.393 e. The predicted molar refractivity (Wildman–Crippen MR) is 67.1 cm³/mol. The van der Waals surface area contributed by atoms with E-state index in [-0.39, 0.29) is 18.2 Å². The lowest BCUT2D eigenvalue weighted by Gasteiger charge is -2.23. The average Bonchev–Trinajstić information content (AvgIpc) is 2.26. The SMILES string of the molecule is CC(O)CC(C)NC(CN)c1ccccc1. The van der Waals surface area contributed by atoms with Crippen LogP contribution in [-0.4, -0.2) is 23.8 Å². The Hall–Kier alpha value is -0.900. The molecule has 0 saturated carbocycles. The summed E-state index contributed by atoms with van der Waals surface area (Å²) >= 11 is 0. The molecule has 90 valence electrons. The van der Waals surface area contributed by atoms with E-state index in [0.29, 0.717) is 6.54 Å². The Morgan fingerprint density at radius 3 is 2.38 bits per heavy atom. The van der Waals surface area contributed by atoms with Crippen molar-refractivity contribution < 1.29 is 5.11 Å². The van der Waals surface area contributed by atoms with Crippen LogP contribution in [-0.2, 0) is 0 Å². The van der Waals surface area contributed by atoms with Crippen LogP contribution >= 0.6 is 0 Å². The topological polar surface area (TPSA) is 58.3 Å². The molecule has 0 amide bonds. The molecular formula is C13H22N2O. The van der Waals surface area contributed by atoms with Gasteiger partial charge in [-0.3, -0.25) is 0 Å². The number of hydrogen-bond donors (Lipinski definition) is 3. The van der Waals surface area contributed by atoms with E-state index in [9.17, 15) is 5.11 Å². The highest BCUT2D eigenvalue weighted by Crippen LogP contribution is 2.12. The molecule has 0 aliphatic rings. The standard InChI is InChI=1S/C13H22N2O/c1-10(8-11(2)16)15-13(9-14)12-6-4-3-5-7-12/h3-7,10-11,13,15-16H,8-9,14H2,1-2H3. The number of nitrogens with two attached hydrogens (primary N) is 1. The molecule has 1 aromatic carbocycles. The molecule has 3 heteroatoms. The molecule has 0 aromatic heterocycles. The quantitative estimate of drug-likeness (QED) is 0.682. The van der Waals surface area contributed by atoms with Crippen molar-refractivity contribution in [2.24, 2.45) is 5.73 Å². The molecule has 1 aromatic rings. The number of nitrogens with one attached hydrogen (secondary N) is 1. The summed E-state index contributed by atoms with van der Waals surface area (Å²) in [6, 6.07) is 10.6. The van der Waals surface area contributed by atoms with Gasteiger partial charge in [-0.05, 0) is 25.8 Å². The summed E-state index contributed by atoms with van der Waals surface area (Å²) in [6.07, 6.45) is 0.459. The van der Waals surface area contributed by atoms with Gasteiger partial charge in [0.05, 0.1) is 6.10 Å². The number of aliphatic hydroxyl groups is 1. The summed E-state index contributed by atoms with van der Waals surface area (Å²) in [4.78, 5) is 0. The molecule has 0 fully saturated rings. The van der Waals surface area contributed by atoms with Crippen LogP contribution in [0.3, 0.4) is 0 Å². The van der Waals surface area contributed by atoms with Gasteiger partial charge in [0.15, 0.2) is 0 Å². The van der Waals surface area contributed by atoms with E-state index in [2.05, 4.69) is 24.4 Å². The van der Waals surface area contributed by atoms with Crippen molar-refractivity contribution >= 4 is 0 Å². The molecule has 0 bridgehead atoms. The van der Waals surface area contributed by atoms with Crippen LogP contribution in [0, 0.1) is 0 Å². The highest BCUT2D eigenvalue weighted by molar-refractivity contribution is 5.19. The molecule has 1 rings (SSSR count). The number of benzene rings is 1. The van der Waals surface area contributed by atoms with Gasteiger partial charge in [0, 0.05) is 18.6 Å². The third-order valence-electron chi connectivity index (χ3n) is 2.62. The molecule has 0 aliphatic heterocycles. The number of hydrogen-bond acceptors (Lipinski definition) is 3. The summed E-state index contributed by atoms with van der Waals surface area (Å²) in [5.74, 6) is 0. The van der Waals surface area contributed by atoms with Gasteiger partial charge in [0.2, 0.25) is 0 Å². The van der Waals surface area contributed by atoms with E-state index >= 15 is 0 Å². The Labute approximate surface area is 97.7 Å². The molecule has 3 nitrogen and oxygen atoms in total. The average molecular weight is 222 g/mol. The molecule has 16 heavy (non-hydrogen) atoms. The van der Waals surface area contributed by atoms with Crippen LogP contribution < -0.4 is 11.1 Å². The lowest BCUT2D eigenvalue weighted by molar-refractivity contribution is 0.168. The monoisotopic (exact) mass is 222 g/mol. The summed E-state index contributed by atoms with van der Waals surface area (Å²) < 4.78 is 0. The fraction of sp³-hybridized carbons (Fsp3) is 0.538. The van der Waals surface area contributed by atoms with Crippen molar-refractivity contribution in [3.05, 3.63) is 35.9 Å². The third-order valence-corrected chi connectivity index (χ3v) is 2.62. The Kier molecular flexibility index (Phi) is 5.46. The van der Waals surface area contributed by atoms with Gasteiger partial charge in [0.1, 0.15) is 0 Å². The first-order chi connectivity index (χ1) is 7.63. The largest absolute Gasteiger partial charge is 0.393 e. The Bertz CT molecular complexity index is 287. The minimum absolute atomic E-state index is 0.162. The Balaban J connectivity index is 2.56. The maximum absolute atomic E-state index is 9.31. The smallest absolute Gasteiger partial charge is 0.0526 e. The fourth-order valence-electron chi connectivity index (χ4n) is 1.91.